The van der Waals surface area contributed by atoms with Gasteiger partial charge in [0.05, 0.1) is 5.60 Å². The Morgan fingerprint density at radius 3 is 2.70 bits per heavy atom. The molecule has 1 heterocycles. The highest BCUT2D eigenvalue weighted by Crippen LogP contribution is 2.24. The van der Waals surface area contributed by atoms with Gasteiger partial charge in [0.25, 0.3) is 0 Å². The van der Waals surface area contributed by atoms with Gasteiger partial charge in [0.15, 0.2) is 0 Å². The first-order valence-electron chi connectivity index (χ1n) is 7.49. The molecule has 0 aliphatic carbocycles. The molecule has 2 N–H and O–H groups in total. The Morgan fingerprint density at radius 1 is 1.55 bits per heavy atom. The number of nitrogens with one attached hydrogen (secondary N) is 1. The van der Waals surface area contributed by atoms with Crippen molar-refractivity contribution >= 4 is 5.97 Å². The minimum absolute atomic E-state index is 0.0939. The molecule has 118 valence electrons. The lowest BCUT2D eigenvalue weighted by molar-refractivity contribution is -0.145. The number of hydrogen-bond donors (Lipinski definition) is 2. The number of carbonyl (C=O) groups is 1. The van der Waals surface area contributed by atoms with Crippen LogP contribution >= 0.6 is 0 Å². The van der Waals surface area contributed by atoms with E-state index in [0.717, 1.165) is 32.5 Å². The number of piperidine rings is 1. The lowest BCUT2D eigenvalue weighted by Crippen LogP contribution is -2.55. The van der Waals surface area contributed by atoms with Crippen molar-refractivity contribution in [1.29, 1.82) is 0 Å². The molecule has 1 fully saturated rings. The molecule has 1 aliphatic heterocycles. The number of rotatable bonds is 7. The molecule has 0 saturated carbocycles. The van der Waals surface area contributed by atoms with Gasteiger partial charge in [0, 0.05) is 26.2 Å². The molecule has 20 heavy (non-hydrogen) atoms. The zero-order chi connectivity index (χ0) is 15.4. The van der Waals surface area contributed by atoms with Gasteiger partial charge in [0.2, 0.25) is 0 Å². The second kappa shape index (κ2) is 6.87. The summed E-state index contributed by atoms with van der Waals surface area (Å²) in [6, 6.07) is 0.154. The zero-order valence-corrected chi connectivity index (χ0v) is 13.5. The quantitative estimate of drug-likeness (QED) is 0.746. The molecule has 0 aromatic carbocycles. The van der Waals surface area contributed by atoms with Gasteiger partial charge in [-0.1, -0.05) is 0 Å². The SMILES string of the molecule is COC1(C)CCCN(CCC(C)(NC(C)C)C(=O)O)C1. The van der Waals surface area contributed by atoms with Gasteiger partial charge in [-0.05, 0) is 53.5 Å². The number of nitrogens with zero attached hydrogens (tertiary/aromatic N) is 1. The van der Waals surface area contributed by atoms with Crippen LogP contribution in [0.25, 0.3) is 0 Å². The average molecular weight is 286 g/mol. The van der Waals surface area contributed by atoms with E-state index < -0.39 is 11.5 Å². The molecular weight excluding hydrogens is 256 g/mol. The Labute approximate surface area is 122 Å². The highest BCUT2D eigenvalue weighted by Gasteiger charge is 2.36. The van der Waals surface area contributed by atoms with Crippen molar-refractivity contribution < 1.29 is 14.6 Å². The number of hydrogen-bond acceptors (Lipinski definition) is 4. The van der Waals surface area contributed by atoms with Crippen molar-refractivity contribution in [2.45, 2.75) is 64.1 Å². The van der Waals surface area contributed by atoms with E-state index in [9.17, 15) is 9.90 Å². The third kappa shape index (κ3) is 4.72. The summed E-state index contributed by atoms with van der Waals surface area (Å²) in [5, 5.41) is 12.6. The largest absolute Gasteiger partial charge is 0.480 e. The number of carboxylic acid groups (broad SMARTS) is 1. The van der Waals surface area contributed by atoms with E-state index in [1.54, 1.807) is 14.0 Å². The maximum atomic E-state index is 11.5. The molecule has 0 spiro atoms. The monoisotopic (exact) mass is 286 g/mol. The first kappa shape index (κ1) is 17.4. The van der Waals surface area contributed by atoms with Gasteiger partial charge in [-0.3, -0.25) is 10.1 Å². The van der Waals surface area contributed by atoms with Crippen LogP contribution in [0.15, 0.2) is 0 Å². The van der Waals surface area contributed by atoms with Gasteiger partial charge in [-0.25, -0.2) is 0 Å². The van der Waals surface area contributed by atoms with Crippen LogP contribution in [-0.4, -0.2) is 59.9 Å². The molecule has 2 unspecified atom stereocenters. The van der Waals surface area contributed by atoms with Crippen LogP contribution in [0, 0.1) is 0 Å². The van der Waals surface area contributed by atoms with Crippen molar-refractivity contribution in [2.75, 3.05) is 26.7 Å². The Balaban J connectivity index is 2.57. The molecule has 5 heteroatoms. The summed E-state index contributed by atoms with van der Waals surface area (Å²) in [6.45, 7) is 10.5. The molecule has 1 saturated heterocycles. The summed E-state index contributed by atoms with van der Waals surface area (Å²) in [5.74, 6) is -0.780. The summed E-state index contributed by atoms with van der Waals surface area (Å²) < 4.78 is 5.58. The molecule has 2 atom stereocenters. The van der Waals surface area contributed by atoms with Crippen LogP contribution in [-0.2, 0) is 9.53 Å². The number of methoxy groups -OCH3 is 1. The third-order valence-electron chi connectivity index (χ3n) is 4.24. The van der Waals surface area contributed by atoms with E-state index in [-0.39, 0.29) is 11.6 Å². The fourth-order valence-electron chi connectivity index (χ4n) is 2.92. The summed E-state index contributed by atoms with van der Waals surface area (Å²) in [6.07, 6.45) is 2.77. The van der Waals surface area contributed by atoms with E-state index >= 15 is 0 Å². The maximum Gasteiger partial charge on any atom is 0.323 e. The fraction of sp³-hybridized carbons (Fsp3) is 0.933. The molecule has 1 aliphatic rings. The van der Waals surface area contributed by atoms with Gasteiger partial charge < -0.3 is 14.7 Å². The Hall–Kier alpha value is -0.650. The van der Waals surface area contributed by atoms with E-state index in [0.29, 0.717) is 6.42 Å². The number of likely N-dealkylation sites (tertiary alicyclic amines) is 1. The second-order valence-corrected chi connectivity index (χ2v) is 6.72. The smallest absolute Gasteiger partial charge is 0.323 e. The molecule has 0 bridgehead atoms. The first-order valence-corrected chi connectivity index (χ1v) is 7.49. The van der Waals surface area contributed by atoms with Gasteiger partial charge >= 0.3 is 5.97 Å². The van der Waals surface area contributed by atoms with Crippen molar-refractivity contribution in [1.82, 2.24) is 10.2 Å². The molecule has 0 aromatic heterocycles. The molecule has 0 aromatic rings. The van der Waals surface area contributed by atoms with Crippen LogP contribution in [0.5, 0.6) is 0 Å². The zero-order valence-electron chi connectivity index (χ0n) is 13.5. The topological polar surface area (TPSA) is 61.8 Å². The van der Waals surface area contributed by atoms with Crippen LogP contribution < -0.4 is 5.32 Å². The predicted octanol–water partition coefficient (Wildman–Crippen LogP) is 1.72. The first-order chi connectivity index (χ1) is 9.21. The predicted molar refractivity (Wildman–Crippen MR) is 80.0 cm³/mol. The minimum Gasteiger partial charge on any atom is -0.480 e. The molecule has 1 rings (SSSR count). The Kier molecular flexibility index (Phi) is 5.98. The normalized spacial score (nSPS) is 27.5. The van der Waals surface area contributed by atoms with Crippen molar-refractivity contribution in [2.24, 2.45) is 0 Å². The van der Waals surface area contributed by atoms with Crippen molar-refractivity contribution in [3.8, 4) is 0 Å². The summed E-state index contributed by atoms with van der Waals surface area (Å²) in [5.41, 5.74) is -0.960. The van der Waals surface area contributed by atoms with Crippen LogP contribution in [0.1, 0.15) is 47.0 Å². The van der Waals surface area contributed by atoms with Gasteiger partial charge in [-0.15, -0.1) is 0 Å². The average Bonchev–Trinajstić information content (AvgIpc) is 2.36. The summed E-state index contributed by atoms with van der Waals surface area (Å²) >= 11 is 0. The number of ether oxygens (including phenoxy) is 1. The molecule has 5 nitrogen and oxygen atoms in total. The Morgan fingerprint density at radius 2 is 2.20 bits per heavy atom. The molecule has 0 radical (unpaired) electrons. The van der Waals surface area contributed by atoms with E-state index in [1.807, 2.05) is 13.8 Å². The lowest BCUT2D eigenvalue weighted by atomic mass is 9.92. The second-order valence-electron chi connectivity index (χ2n) is 6.72. The van der Waals surface area contributed by atoms with Crippen molar-refractivity contribution in [3.05, 3.63) is 0 Å². The third-order valence-corrected chi connectivity index (χ3v) is 4.24. The highest BCUT2D eigenvalue weighted by atomic mass is 16.5. The minimum atomic E-state index is -0.866. The molecular formula is C15H30N2O3. The summed E-state index contributed by atoms with van der Waals surface area (Å²) in [4.78, 5) is 13.8. The highest BCUT2D eigenvalue weighted by molar-refractivity contribution is 5.78. The lowest BCUT2D eigenvalue weighted by Gasteiger charge is -2.40. The van der Waals surface area contributed by atoms with E-state index in [2.05, 4.69) is 17.1 Å². The van der Waals surface area contributed by atoms with E-state index in [4.69, 9.17) is 4.74 Å². The maximum absolute atomic E-state index is 11.5. The van der Waals surface area contributed by atoms with Crippen LogP contribution in [0.3, 0.4) is 0 Å². The molecule has 0 amide bonds. The fourth-order valence-corrected chi connectivity index (χ4v) is 2.92. The van der Waals surface area contributed by atoms with Crippen LogP contribution in [0.4, 0.5) is 0 Å². The number of aliphatic carboxylic acids is 1. The Bertz CT molecular complexity index is 335. The van der Waals surface area contributed by atoms with Crippen molar-refractivity contribution in [3.63, 3.8) is 0 Å². The van der Waals surface area contributed by atoms with Crippen LogP contribution in [0.2, 0.25) is 0 Å². The van der Waals surface area contributed by atoms with E-state index in [1.165, 1.54) is 0 Å². The van der Waals surface area contributed by atoms with Gasteiger partial charge in [-0.2, -0.15) is 0 Å². The number of carboxylic acids is 1. The van der Waals surface area contributed by atoms with Gasteiger partial charge in [0.1, 0.15) is 5.54 Å². The summed E-state index contributed by atoms with van der Waals surface area (Å²) in [7, 11) is 1.76. The standard InChI is InChI=1S/C15H30N2O3/c1-12(2)16-15(4,13(18)19)8-10-17-9-6-7-14(3,11-17)20-5/h12,16H,6-11H2,1-5H3,(H,18,19).